The molecule has 1 N–H and O–H groups in total. The van der Waals surface area contributed by atoms with Crippen LogP contribution in [0.5, 0.6) is 0 Å². The van der Waals surface area contributed by atoms with E-state index in [1.54, 1.807) is 6.07 Å². The Hall–Kier alpha value is -3.70. The molecule has 1 amide bonds. The predicted octanol–water partition coefficient (Wildman–Crippen LogP) is 0.245. The SMILES string of the molecule is O=C(Cn1cnc([N+](=O)[O-])n1)N/N=C\c1cccc([N+](=O)[O-])c1. The minimum absolute atomic E-state index is 0.102. The van der Waals surface area contributed by atoms with Gasteiger partial charge in [0.05, 0.1) is 11.1 Å². The van der Waals surface area contributed by atoms with Crippen molar-refractivity contribution in [1.29, 1.82) is 0 Å². The Kier molecular flexibility index (Phi) is 4.66. The van der Waals surface area contributed by atoms with Crippen molar-refractivity contribution >= 4 is 23.8 Å². The van der Waals surface area contributed by atoms with Crippen LogP contribution >= 0.6 is 0 Å². The molecule has 0 saturated heterocycles. The highest BCUT2D eigenvalue weighted by molar-refractivity contribution is 5.83. The molecule has 0 saturated carbocycles. The highest BCUT2D eigenvalue weighted by Crippen LogP contribution is 2.11. The van der Waals surface area contributed by atoms with Crippen molar-refractivity contribution in [3.63, 3.8) is 0 Å². The minimum Gasteiger partial charge on any atom is -0.390 e. The number of nitro groups is 2. The number of nitro benzene ring substituents is 1. The average molecular weight is 319 g/mol. The fraction of sp³-hybridized carbons (Fsp3) is 0.0909. The van der Waals surface area contributed by atoms with Crippen molar-refractivity contribution < 1.29 is 14.6 Å². The van der Waals surface area contributed by atoms with Gasteiger partial charge in [-0.15, -0.1) is 0 Å². The van der Waals surface area contributed by atoms with Crippen molar-refractivity contribution in [2.75, 3.05) is 0 Å². The highest BCUT2D eigenvalue weighted by atomic mass is 16.6. The summed E-state index contributed by atoms with van der Waals surface area (Å²) in [5, 5.41) is 28.1. The maximum Gasteiger partial charge on any atom is 0.490 e. The molecule has 1 heterocycles. The third-order valence-electron chi connectivity index (χ3n) is 2.48. The number of nitrogens with zero attached hydrogens (tertiary/aromatic N) is 6. The first kappa shape index (κ1) is 15.7. The molecule has 118 valence electrons. The second kappa shape index (κ2) is 6.84. The van der Waals surface area contributed by atoms with Gasteiger partial charge in [-0.3, -0.25) is 14.9 Å². The lowest BCUT2D eigenvalue weighted by molar-refractivity contribution is -0.394. The fourth-order valence-corrected chi connectivity index (χ4v) is 1.52. The summed E-state index contributed by atoms with van der Waals surface area (Å²) < 4.78 is 0.982. The zero-order chi connectivity index (χ0) is 16.8. The largest absolute Gasteiger partial charge is 0.490 e. The minimum atomic E-state index is -0.783. The van der Waals surface area contributed by atoms with Crippen molar-refractivity contribution in [3.05, 3.63) is 56.4 Å². The van der Waals surface area contributed by atoms with Gasteiger partial charge in [-0.2, -0.15) is 9.78 Å². The van der Waals surface area contributed by atoms with Gasteiger partial charge < -0.3 is 10.1 Å². The lowest BCUT2D eigenvalue weighted by Gasteiger charge is -1.97. The van der Waals surface area contributed by atoms with E-state index in [2.05, 4.69) is 20.6 Å². The first-order valence-electron chi connectivity index (χ1n) is 6.06. The number of benzene rings is 1. The van der Waals surface area contributed by atoms with Gasteiger partial charge in [-0.25, -0.2) is 5.43 Å². The molecule has 1 aromatic heterocycles. The number of hydrogen-bond donors (Lipinski definition) is 1. The molecule has 0 radical (unpaired) electrons. The molecule has 1 aromatic carbocycles. The molecule has 2 rings (SSSR count). The lowest BCUT2D eigenvalue weighted by atomic mass is 10.2. The van der Waals surface area contributed by atoms with Crippen LogP contribution < -0.4 is 5.43 Å². The van der Waals surface area contributed by atoms with Crippen LogP contribution in [0.25, 0.3) is 0 Å². The van der Waals surface area contributed by atoms with Crippen molar-refractivity contribution in [2.24, 2.45) is 5.10 Å². The lowest BCUT2D eigenvalue weighted by Crippen LogP contribution is -2.23. The van der Waals surface area contributed by atoms with E-state index in [1.165, 1.54) is 24.4 Å². The molecule has 0 unspecified atom stereocenters. The molecule has 2 aromatic rings. The maximum absolute atomic E-state index is 11.6. The molecule has 0 aliphatic heterocycles. The Morgan fingerprint density at radius 3 is 2.78 bits per heavy atom. The second-order valence-electron chi connectivity index (χ2n) is 4.14. The summed E-state index contributed by atoms with van der Waals surface area (Å²) in [4.78, 5) is 34.6. The summed E-state index contributed by atoms with van der Waals surface area (Å²) in [7, 11) is 0. The van der Waals surface area contributed by atoms with Gasteiger partial charge in [0.2, 0.25) is 6.33 Å². The molecule has 12 heteroatoms. The Bertz CT molecular complexity index is 785. The van der Waals surface area contributed by atoms with E-state index in [0.29, 0.717) is 5.56 Å². The quantitative estimate of drug-likeness (QED) is 0.453. The third-order valence-corrected chi connectivity index (χ3v) is 2.48. The first-order valence-corrected chi connectivity index (χ1v) is 6.06. The number of hydrazone groups is 1. The van der Waals surface area contributed by atoms with Gasteiger partial charge in [-0.05, 0) is 4.92 Å². The second-order valence-corrected chi connectivity index (χ2v) is 4.14. The smallest absolute Gasteiger partial charge is 0.390 e. The number of aromatic nitrogens is 3. The Morgan fingerprint density at radius 1 is 1.35 bits per heavy atom. The molecule has 12 nitrogen and oxygen atoms in total. The average Bonchev–Trinajstić information content (AvgIpc) is 2.96. The number of hydrogen-bond acceptors (Lipinski definition) is 8. The van der Waals surface area contributed by atoms with Crippen LogP contribution in [-0.4, -0.2) is 36.7 Å². The summed E-state index contributed by atoms with van der Waals surface area (Å²) in [5.74, 6) is -1.20. The van der Waals surface area contributed by atoms with Crippen LogP contribution in [0.1, 0.15) is 5.56 Å². The molecule has 0 fully saturated rings. The Labute approximate surface area is 127 Å². The Balaban J connectivity index is 1.91. The normalized spacial score (nSPS) is 10.6. The number of amides is 1. The zero-order valence-electron chi connectivity index (χ0n) is 11.4. The standard InChI is InChI=1S/C11H9N7O5/c19-10(6-16-7-12-11(15-16)18(22)23)14-13-5-8-2-1-3-9(4-8)17(20)21/h1-5,7H,6H2,(H,14,19)/b13-5-. The van der Waals surface area contributed by atoms with Gasteiger partial charge >= 0.3 is 5.95 Å². The summed E-state index contributed by atoms with van der Waals surface area (Å²) in [6.07, 6.45) is 2.27. The van der Waals surface area contributed by atoms with Crippen molar-refractivity contribution in [1.82, 2.24) is 20.2 Å². The molecule has 0 aliphatic rings. The van der Waals surface area contributed by atoms with E-state index < -0.39 is 21.7 Å². The van der Waals surface area contributed by atoms with Crippen molar-refractivity contribution in [3.8, 4) is 0 Å². The molecule has 23 heavy (non-hydrogen) atoms. The Morgan fingerprint density at radius 2 is 2.13 bits per heavy atom. The first-order chi connectivity index (χ1) is 11.0. The number of nitrogens with one attached hydrogen (secondary N) is 1. The van der Waals surface area contributed by atoms with Gasteiger partial charge in [0.1, 0.15) is 6.54 Å². The maximum atomic E-state index is 11.6. The van der Waals surface area contributed by atoms with Gasteiger partial charge in [0, 0.05) is 22.8 Å². The number of carbonyl (C=O) groups is 1. The van der Waals surface area contributed by atoms with Crippen LogP contribution in [0.3, 0.4) is 0 Å². The topological polar surface area (TPSA) is 158 Å². The fourth-order valence-electron chi connectivity index (χ4n) is 1.52. The predicted molar refractivity (Wildman–Crippen MR) is 75.5 cm³/mol. The zero-order valence-corrected chi connectivity index (χ0v) is 11.4. The summed E-state index contributed by atoms with van der Waals surface area (Å²) >= 11 is 0. The van der Waals surface area contributed by atoms with Gasteiger partial charge in [0.25, 0.3) is 11.6 Å². The van der Waals surface area contributed by atoms with Crippen molar-refractivity contribution in [2.45, 2.75) is 6.54 Å². The van der Waals surface area contributed by atoms with Crippen LogP contribution in [0, 0.1) is 20.2 Å². The molecule has 0 atom stereocenters. The highest BCUT2D eigenvalue weighted by Gasteiger charge is 2.14. The van der Waals surface area contributed by atoms with Gasteiger partial charge in [0.15, 0.2) is 0 Å². The summed E-state index contributed by atoms with van der Waals surface area (Å²) in [5.41, 5.74) is 2.49. The van der Waals surface area contributed by atoms with E-state index >= 15 is 0 Å². The van der Waals surface area contributed by atoms with Crippen LogP contribution in [0.2, 0.25) is 0 Å². The number of rotatable bonds is 6. The molecular weight excluding hydrogens is 310 g/mol. The van der Waals surface area contributed by atoms with E-state index in [4.69, 9.17) is 0 Å². The van der Waals surface area contributed by atoms with E-state index in [-0.39, 0.29) is 12.2 Å². The van der Waals surface area contributed by atoms with E-state index in [9.17, 15) is 25.0 Å². The van der Waals surface area contributed by atoms with E-state index in [0.717, 1.165) is 11.0 Å². The molecular formula is C11H9N7O5. The van der Waals surface area contributed by atoms with Crippen LogP contribution in [-0.2, 0) is 11.3 Å². The van der Waals surface area contributed by atoms with Gasteiger partial charge in [-0.1, -0.05) is 17.1 Å². The van der Waals surface area contributed by atoms with Crippen LogP contribution in [0.4, 0.5) is 11.6 Å². The summed E-state index contributed by atoms with van der Waals surface area (Å²) in [6, 6.07) is 5.67. The monoisotopic (exact) mass is 319 g/mol. The molecule has 0 aliphatic carbocycles. The summed E-state index contributed by atoms with van der Waals surface area (Å²) in [6.45, 7) is -0.312. The number of non-ortho nitro benzene ring substituents is 1. The molecule has 0 spiro atoms. The molecule has 0 bridgehead atoms. The number of carbonyl (C=O) groups excluding carboxylic acids is 1. The third kappa shape index (κ3) is 4.38. The van der Waals surface area contributed by atoms with Crippen LogP contribution in [0.15, 0.2) is 35.7 Å². The van der Waals surface area contributed by atoms with E-state index in [1.807, 2.05) is 0 Å².